The second-order valence-electron chi connectivity index (χ2n) is 7.69. The van der Waals surface area contributed by atoms with Gasteiger partial charge in [0.2, 0.25) is 0 Å². The van der Waals surface area contributed by atoms with Gasteiger partial charge in [0.25, 0.3) is 0 Å². The predicted octanol–water partition coefficient (Wildman–Crippen LogP) is 6.86. The number of aromatic hydroxyl groups is 4. The van der Waals surface area contributed by atoms with Crippen LogP contribution in [0.5, 0.6) is 23.0 Å². The van der Waals surface area contributed by atoms with Gasteiger partial charge in [0.1, 0.15) is 34.4 Å². The number of benzene rings is 4. The molecule has 10 nitrogen and oxygen atoms in total. The quantitative estimate of drug-likeness (QED) is 0.113. The summed E-state index contributed by atoms with van der Waals surface area (Å²) in [6.45, 7) is 1.37. The largest absolute Gasteiger partial charge is 0.508 e. The van der Waals surface area contributed by atoms with Crippen molar-refractivity contribution in [3.05, 3.63) is 84.9 Å². The van der Waals surface area contributed by atoms with Crippen LogP contribution < -0.4 is 10.6 Å². The van der Waals surface area contributed by atoms with E-state index in [2.05, 4.69) is 31.1 Å². The summed E-state index contributed by atoms with van der Waals surface area (Å²) < 4.78 is 0. The molecule has 4 rings (SSSR count). The van der Waals surface area contributed by atoms with Gasteiger partial charge >= 0.3 is 0 Å². The first-order valence-corrected chi connectivity index (χ1v) is 11.0. The fourth-order valence-electron chi connectivity index (χ4n) is 3.12. The molecule has 0 atom stereocenters. The van der Waals surface area contributed by atoms with Gasteiger partial charge in [0.15, 0.2) is 0 Å². The molecule has 0 fully saturated rings. The Balaban J connectivity index is 1.22. The van der Waals surface area contributed by atoms with Gasteiger partial charge in [0, 0.05) is 36.6 Å². The second kappa shape index (κ2) is 11.3. The first kappa shape index (κ1) is 24.0. The molecule has 0 aromatic heterocycles. The van der Waals surface area contributed by atoms with Crippen molar-refractivity contribution in [1.82, 2.24) is 0 Å². The first-order valence-electron chi connectivity index (χ1n) is 11.0. The molecule has 0 radical (unpaired) electrons. The Morgan fingerprint density at radius 2 is 0.861 bits per heavy atom. The van der Waals surface area contributed by atoms with E-state index in [-0.39, 0.29) is 34.4 Å². The van der Waals surface area contributed by atoms with Gasteiger partial charge in [-0.25, -0.2) is 0 Å². The molecule has 36 heavy (non-hydrogen) atoms. The van der Waals surface area contributed by atoms with Crippen LogP contribution >= 0.6 is 0 Å². The molecule has 10 heteroatoms. The average Bonchev–Trinajstić information content (AvgIpc) is 2.87. The Bertz CT molecular complexity index is 1270. The van der Waals surface area contributed by atoms with Crippen LogP contribution in [-0.4, -0.2) is 33.5 Å². The van der Waals surface area contributed by atoms with Crippen molar-refractivity contribution < 1.29 is 20.4 Å². The Hall–Kier alpha value is -5.12. The van der Waals surface area contributed by atoms with Gasteiger partial charge in [-0.2, -0.15) is 10.2 Å². The van der Waals surface area contributed by atoms with Gasteiger partial charge in [-0.1, -0.05) is 0 Å². The number of hydrogen-bond donors (Lipinski definition) is 6. The third-order valence-electron chi connectivity index (χ3n) is 4.98. The van der Waals surface area contributed by atoms with E-state index < -0.39 is 0 Å². The van der Waals surface area contributed by atoms with Crippen molar-refractivity contribution in [2.45, 2.75) is 0 Å². The lowest BCUT2D eigenvalue weighted by atomic mass is 10.2. The minimum Gasteiger partial charge on any atom is -0.508 e. The topological polar surface area (TPSA) is 154 Å². The Morgan fingerprint density at radius 1 is 0.472 bits per heavy atom. The van der Waals surface area contributed by atoms with Crippen molar-refractivity contribution in [2.24, 2.45) is 20.5 Å². The van der Waals surface area contributed by atoms with E-state index in [1.165, 1.54) is 36.4 Å². The normalized spacial score (nSPS) is 11.2. The number of phenols is 4. The summed E-state index contributed by atoms with van der Waals surface area (Å²) in [6, 6.07) is 23.0. The molecule has 0 bridgehead atoms. The predicted molar refractivity (Wildman–Crippen MR) is 138 cm³/mol. The molecule has 4 aromatic carbocycles. The van der Waals surface area contributed by atoms with Gasteiger partial charge < -0.3 is 31.1 Å². The van der Waals surface area contributed by atoms with Crippen molar-refractivity contribution in [1.29, 1.82) is 0 Å². The summed E-state index contributed by atoms with van der Waals surface area (Å²) in [5, 5.41) is 61.0. The molecule has 0 unspecified atom stereocenters. The van der Waals surface area contributed by atoms with Gasteiger partial charge in [-0.15, -0.1) is 10.2 Å². The zero-order valence-corrected chi connectivity index (χ0v) is 19.1. The first-order chi connectivity index (χ1) is 17.5. The van der Waals surface area contributed by atoms with Crippen molar-refractivity contribution in [3.8, 4) is 23.0 Å². The molecule has 0 aliphatic rings. The zero-order valence-electron chi connectivity index (χ0n) is 19.1. The Morgan fingerprint density at radius 3 is 1.22 bits per heavy atom. The van der Waals surface area contributed by atoms with Gasteiger partial charge in [0.05, 0.1) is 11.4 Å². The highest BCUT2D eigenvalue weighted by Gasteiger charge is 2.02. The van der Waals surface area contributed by atoms with E-state index in [9.17, 15) is 20.4 Å². The highest BCUT2D eigenvalue weighted by molar-refractivity contribution is 5.56. The van der Waals surface area contributed by atoms with Crippen LogP contribution in [0.15, 0.2) is 105 Å². The maximum absolute atomic E-state index is 9.76. The van der Waals surface area contributed by atoms with E-state index in [4.69, 9.17) is 0 Å². The molecule has 4 aromatic rings. The number of nitrogens with one attached hydrogen (secondary N) is 2. The number of azo groups is 2. The Kier molecular flexibility index (Phi) is 7.57. The maximum atomic E-state index is 9.76. The molecule has 182 valence electrons. The number of rotatable bonds is 9. The van der Waals surface area contributed by atoms with E-state index >= 15 is 0 Å². The summed E-state index contributed by atoms with van der Waals surface area (Å²) in [4.78, 5) is 0. The summed E-state index contributed by atoms with van der Waals surface area (Å²) >= 11 is 0. The van der Waals surface area contributed by atoms with Gasteiger partial charge in [-0.05, 0) is 72.8 Å². The monoisotopic (exact) mass is 484 g/mol. The lowest BCUT2D eigenvalue weighted by molar-refractivity contribution is 0.450. The molecule has 0 saturated heterocycles. The van der Waals surface area contributed by atoms with Crippen LogP contribution in [0.1, 0.15) is 0 Å². The lowest BCUT2D eigenvalue weighted by Gasteiger charge is -2.09. The lowest BCUT2D eigenvalue weighted by Crippen LogP contribution is -2.13. The summed E-state index contributed by atoms with van der Waals surface area (Å²) in [5.74, 6) is -0.358. The minimum atomic E-state index is -0.141. The average molecular weight is 485 g/mol. The number of phenolic OH excluding ortho intramolecular Hbond substituents is 4. The van der Waals surface area contributed by atoms with Crippen molar-refractivity contribution in [2.75, 3.05) is 23.7 Å². The molecule has 0 amide bonds. The van der Waals surface area contributed by atoms with Crippen molar-refractivity contribution in [3.63, 3.8) is 0 Å². The maximum Gasteiger partial charge on any atom is 0.146 e. The molecule has 6 N–H and O–H groups in total. The summed E-state index contributed by atoms with van der Waals surface area (Å²) in [7, 11) is 0. The third-order valence-corrected chi connectivity index (χ3v) is 4.98. The van der Waals surface area contributed by atoms with E-state index in [1.807, 2.05) is 48.5 Å². The number of hydrogen-bond acceptors (Lipinski definition) is 10. The number of nitrogens with zero attached hydrogens (tertiary/aromatic N) is 4. The molecule has 0 spiro atoms. The number of anilines is 2. The Labute approximate surface area is 207 Å². The molecular weight excluding hydrogens is 460 g/mol. The highest BCUT2D eigenvalue weighted by Crippen LogP contribution is 2.32. The highest BCUT2D eigenvalue weighted by atomic mass is 16.3. The molecular formula is C26H24N6O4. The fraction of sp³-hybridized carbons (Fsp3) is 0.0769. The van der Waals surface area contributed by atoms with E-state index in [0.717, 1.165) is 11.4 Å². The van der Waals surface area contributed by atoms with E-state index in [1.54, 1.807) is 0 Å². The molecule has 0 aliphatic heterocycles. The SMILES string of the molecule is Oc1ccc(/N=N/c2ccc(NCCNc3ccc(/N=N/c4ccc(O)cc4O)cc3)cc2)c(O)c1. The standard InChI is InChI=1S/C26H24N6O4/c33-21-9-11-23(25(35)15-21)31-29-19-5-1-17(2-6-19)27-13-14-28-18-3-7-20(8-4-18)30-32-24-12-10-22(34)16-26(24)36/h1-12,15-16,27-28,33-36H,13-14H2/b31-29+,32-30+. The smallest absolute Gasteiger partial charge is 0.146 e. The van der Waals surface area contributed by atoms with Crippen LogP contribution in [0.3, 0.4) is 0 Å². The minimum absolute atomic E-state index is 0.0382. The molecule has 0 saturated carbocycles. The van der Waals surface area contributed by atoms with Crippen LogP contribution in [0.2, 0.25) is 0 Å². The van der Waals surface area contributed by atoms with Crippen LogP contribution in [0.4, 0.5) is 34.1 Å². The van der Waals surface area contributed by atoms with Crippen LogP contribution in [0.25, 0.3) is 0 Å². The molecule has 0 heterocycles. The fourth-order valence-corrected chi connectivity index (χ4v) is 3.12. The van der Waals surface area contributed by atoms with Gasteiger partial charge in [-0.3, -0.25) is 0 Å². The van der Waals surface area contributed by atoms with Crippen LogP contribution in [-0.2, 0) is 0 Å². The second-order valence-corrected chi connectivity index (χ2v) is 7.69. The van der Waals surface area contributed by atoms with Crippen LogP contribution in [0, 0.1) is 0 Å². The summed E-state index contributed by atoms with van der Waals surface area (Å²) in [5.41, 5.74) is 3.66. The van der Waals surface area contributed by atoms with E-state index in [0.29, 0.717) is 24.5 Å². The summed E-state index contributed by atoms with van der Waals surface area (Å²) in [6.07, 6.45) is 0. The van der Waals surface area contributed by atoms with Crippen molar-refractivity contribution >= 4 is 34.1 Å². The third kappa shape index (κ3) is 6.70. The zero-order chi connectivity index (χ0) is 25.3. The molecule has 0 aliphatic carbocycles.